The number of methoxy groups -OCH3 is 1. The molecule has 0 saturated heterocycles. The van der Waals surface area contributed by atoms with E-state index in [-0.39, 0.29) is 0 Å². The molecule has 5 nitrogen and oxygen atoms in total. The molecule has 0 bridgehead atoms. The highest BCUT2D eigenvalue weighted by Crippen LogP contribution is 2.22. The van der Waals surface area contributed by atoms with Gasteiger partial charge in [-0.2, -0.15) is 0 Å². The molecule has 5 heteroatoms. The molecule has 2 N–H and O–H groups in total. The molecule has 0 saturated carbocycles. The highest BCUT2D eigenvalue weighted by molar-refractivity contribution is 5.98. The lowest BCUT2D eigenvalue weighted by atomic mass is 9.98. The number of rotatable bonds is 6. The lowest BCUT2D eigenvalue weighted by Gasteiger charge is -2.11. The Hall–Kier alpha value is -3.05. The second-order valence-corrected chi connectivity index (χ2v) is 6.15. The van der Waals surface area contributed by atoms with Crippen molar-refractivity contribution < 1.29 is 14.3 Å². The van der Waals surface area contributed by atoms with Crippen LogP contribution < -0.4 is 5.73 Å². The number of aromatic nitrogens is 1. The van der Waals surface area contributed by atoms with E-state index in [1.807, 2.05) is 42.5 Å². The lowest BCUT2D eigenvalue weighted by molar-refractivity contribution is -0.142. The van der Waals surface area contributed by atoms with E-state index in [9.17, 15) is 9.59 Å². The number of pyridine rings is 1. The fourth-order valence-corrected chi connectivity index (χ4v) is 3.08. The van der Waals surface area contributed by atoms with Crippen molar-refractivity contribution in [1.82, 2.24) is 4.98 Å². The van der Waals surface area contributed by atoms with Crippen molar-refractivity contribution in [3.8, 4) is 0 Å². The predicted octanol–water partition coefficient (Wildman–Crippen LogP) is 2.68. The Morgan fingerprint density at radius 1 is 1.15 bits per heavy atom. The lowest BCUT2D eigenvalue weighted by Crippen LogP contribution is -2.33. The minimum Gasteiger partial charge on any atom is -0.468 e. The first-order valence-corrected chi connectivity index (χ1v) is 8.35. The number of nitrogens with two attached hydrogens (primary N) is 1. The van der Waals surface area contributed by atoms with Crippen molar-refractivity contribution in [2.24, 2.45) is 5.73 Å². The van der Waals surface area contributed by atoms with Gasteiger partial charge in [0.15, 0.2) is 6.29 Å². The summed E-state index contributed by atoms with van der Waals surface area (Å²) in [5, 5.41) is 1.87. The molecule has 3 aromatic rings. The van der Waals surface area contributed by atoms with Gasteiger partial charge < -0.3 is 10.5 Å². The van der Waals surface area contributed by atoms with Gasteiger partial charge in [-0.1, -0.05) is 42.5 Å². The number of esters is 1. The Bertz CT molecular complexity index is 953. The SMILES string of the molecule is COC(=O)[C@@H](N)Cc1cccc(Cc2nccc3c(C=O)cccc23)c1. The third-order valence-corrected chi connectivity index (χ3v) is 4.37. The highest BCUT2D eigenvalue weighted by Gasteiger charge is 2.14. The van der Waals surface area contributed by atoms with Crippen LogP contribution in [0.3, 0.4) is 0 Å². The van der Waals surface area contributed by atoms with Gasteiger partial charge >= 0.3 is 5.97 Å². The van der Waals surface area contributed by atoms with Crippen LogP contribution in [0.4, 0.5) is 0 Å². The molecule has 3 rings (SSSR count). The molecule has 26 heavy (non-hydrogen) atoms. The molecule has 0 fully saturated rings. The zero-order chi connectivity index (χ0) is 18.5. The number of ether oxygens (including phenoxy) is 1. The zero-order valence-electron chi connectivity index (χ0n) is 14.5. The van der Waals surface area contributed by atoms with E-state index in [2.05, 4.69) is 9.72 Å². The van der Waals surface area contributed by atoms with Gasteiger partial charge in [0.1, 0.15) is 6.04 Å². The van der Waals surface area contributed by atoms with Crippen LogP contribution in [0, 0.1) is 0 Å². The fourth-order valence-electron chi connectivity index (χ4n) is 3.08. The van der Waals surface area contributed by atoms with E-state index in [0.717, 1.165) is 33.9 Å². The summed E-state index contributed by atoms with van der Waals surface area (Å²) in [6.45, 7) is 0. The second-order valence-electron chi connectivity index (χ2n) is 6.15. The third-order valence-electron chi connectivity index (χ3n) is 4.37. The number of hydrogen-bond acceptors (Lipinski definition) is 5. The number of nitrogens with zero attached hydrogens (tertiary/aromatic N) is 1. The summed E-state index contributed by atoms with van der Waals surface area (Å²) in [4.78, 5) is 27.3. The topological polar surface area (TPSA) is 82.3 Å². The van der Waals surface area contributed by atoms with Crippen LogP contribution in [0.5, 0.6) is 0 Å². The van der Waals surface area contributed by atoms with Gasteiger partial charge in [-0.25, -0.2) is 0 Å². The number of benzene rings is 2. The molecule has 0 radical (unpaired) electrons. The summed E-state index contributed by atoms with van der Waals surface area (Å²) in [6.07, 6.45) is 3.63. The summed E-state index contributed by atoms with van der Waals surface area (Å²) in [5.74, 6) is -0.424. The van der Waals surface area contributed by atoms with Crippen molar-refractivity contribution in [2.75, 3.05) is 7.11 Å². The van der Waals surface area contributed by atoms with Gasteiger partial charge in [-0.05, 0) is 29.0 Å². The predicted molar refractivity (Wildman–Crippen MR) is 100 cm³/mol. The Balaban J connectivity index is 1.88. The Morgan fingerprint density at radius 2 is 1.92 bits per heavy atom. The summed E-state index contributed by atoms with van der Waals surface area (Å²) in [6, 6.07) is 14.7. The molecule has 0 aliphatic heterocycles. The average Bonchev–Trinajstić information content (AvgIpc) is 2.67. The molecule has 0 unspecified atom stereocenters. The second kappa shape index (κ2) is 7.89. The van der Waals surface area contributed by atoms with E-state index >= 15 is 0 Å². The van der Waals surface area contributed by atoms with Gasteiger partial charge in [-0.3, -0.25) is 14.6 Å². The van der Waals surface area contributed by atoms with Crippen LogP contribution in [-0.4, -0.2) is 30.4 Å². The van der Waals surface area contributed by atoms with Gasteiger partial charge in [0.2, 0.25) is 0 Å². The first-order valence-electron chi connectivity index (χ1n) is 8.35. The van der Waals surface area contributed by atoms with Crippen LogP contribution in [0.15, 0.2) is 54.7 Å². The van der Waals surface area contributed by atoms with Crippen molar-refractivity contribution in [1.29, 1.82) is 0 Å². The molecule has 0 spiro atoms. The largest absolute Gasteiger partial charge is 0.468 e. The zero-order valence-corrected chi connectivity index (χ0v) is 14.5. The van der Waals surface area contributed by atoms with E-state index < -0.39 is 12.0 Å². The van der Waals surface area contributed by atoms with Gasteiger partial charge in [0.25, 0.3) is 0 Å². The minimum absolute atomic E-state index is 0.415. The molecular formula is C21H20N2O3. The van der Waals surface area contributed by atoms with E-state index in [4.69, 9.17) is 5.73 Å². The monoisotopic (exact) mass is 348 g/mol. The smallest absolute Gasteiger partial charge is 0.322 e. The normalized spacial score (nSPS) is 11.9. The van der Waals surface area contributed by atoms with Crippen LogP contribution >= 0.6 is 0 Å². The molecule has 0 aliphatic carbocycles. The number of fused-ring (bicyclic) bond motifs is 1. The van der Waals surface area contributed by atoms with E-state index in [1.165, 1.54) is 7.11 Å². The molecule has 1 heterocycles. The number of carbonyl (C=O) groups excluding carboxylic acids is 2. The third kappa shape index (κ3) is 3.78. The van der Waals surface area contributed by atoms with Crippen molar-refractivity contribution in [3.05, 3.63) is 77.1 Å². The summed E-state index contributed by atoms with van der Waals surface area (Å²) in [5.41, 5.74) is 9.44. The van der Waals surface area contributed by atoms with Gasteiger partial charge in [0.05, 0.1) is 12.8 Å². The molecule has 0 amide bonds. The van der Waals surface area contributed by atoms with Crippen LogP contribution in [0.1, 0.15) is 27.2 Å². The Morgan fingerprint density at radius 3 is 2.69 bits per heavy atom. The molecule has 132 valence electrons. The quantitative estimate of drug-likeness (QED) is 0.547. The molecule has 2 aromatic carbocycles. The molecular weight excluding hydrogens is 328 g/mol. The standard InChI is InChI=1S/C21H20N2O3/c1-26-21(25)19(22)11-14-4-2-5-15(10-14)12-20-18-7-3-6-16(13-24)17(18)8-9-23-20/h2-10,13,19H,11-12,22H2,1H3/t19-/m0/s1. The molecule has 1 atom stereocenters. The Labute approximate surface area is 151 Å². The Kier molecular flexibility index (Phi) is 5.39. The van der Waals surface area contributed by atoms with Crippen molar-refractivity contribution in [3.63, 3.8) is 0 Å². The highest BCUT2D eigenvalue weighted by atomic mass is 16.5. The number of hydrogen-bond donors (Lipinski definition) is 1. The first kappa shape index (κ1) is 17.8. The molecule has 0 aliphatic rings. The fraction of sp³-hybridized carbons (Fsp3) is 0.190. The van der Waals surface area contributed by atoms with Gasteiger partial charge in [0, 0.05) is 23.6 Å². The molecule has 1 aromatic heterocycles. The number of carbonyl (C=O) groups is 2. The summed E-state index contributed by atoms with van der Waals surface area (Å²) < 4.78 is 4.68. The van der Waals surface area contributed by atoms with Gasteiger partial charge in [-0.15, -0.1) is 0 Å². The average molecular weight is 348 g/mol. The maximum Gasteiger partial charge on any atom is 0.322 e. The van der Waals surface area contributed by atoms with Crippen LogP contribution in [0.2, 0.25) is 0 Å². The first-order chi connectivity index (χ1) is 12.6. The van der Waals surface area contributed by atoms with Crippen LogP contribution in [0.25, 0.3) is 10.8 Å². The summed E-state index contributed by atoms with van der Waals surface area (Å²) >= 11 is 0. The summed E-state index contributed by atoms with van der Waals surface area (Å²) in [7, 11) is 1.33. The van der Waals surface area contributed by atoms with Crippen LogP contribution in [-0.2, 0) is 22.4 Å². The maximum absolute atomic E-state index is 11.5. The van der Waals surface area contributed by atoms with Crippen molar-refractivity contribution >= 4 is 23.0 Å². The maximum atomic E-state index is 11.5. The minimum atomic E-state index is -0.680. The van der Waals surface area contributed by atoms with E-state index in [0.29, 0.717) is 18.4 Å². The van der Waals surface area contributed by atoms with E-state index in [1.54, 1.807) is 12.3 Å². The number of aldehydes is 1. The van der Waals surface area contributed by atoms with Crippen molar-refractivity contribution in [2.45, 2.75) is 18.9 Å².